The van der Waals surface area contributed by atoms with Gasteiger partial charge in [0.05, 0.1) is 22.1 Å². The number of hydrogen-bond donors (Lipinski definition) is 0. The summed E-state index contributed by atoms with van der Waals surface area (Å²) in [5.41, 5.74) is 18.5. The molecule has 16 rings (SSSR count). The number of para-hydroxylation sites is 4. The van der Waals surface area contributed by atoms with Crippen LogP contribution in [0.15, 0.2) is 249 Å². The minimum absolute atomic E-state index is 0.693. The third-order valence-electron chi connectivity index (χ3n) is 16.2. The molecule has 11 aromatic carbocycles. The van der Waals surface area contributed by atoms with Gasteiger partial charge in [-0.05, 0) is 162 Å². The Balaban J connectivity index is 0.908. The van der Waals surface area contributed by atoms with Crippen LogP contribution in [0.2, 0.25) is 0 Å². The van der Waals surface area contributed by atoms with Gasteiger partial charge in [0.1, 0.15) is 0 Å². The van der Waals surface area contributed by atoms with Crippen molar-refractivity contribution in [1.29, 1.82) is 0 Å². The van der Waals surface area contributed by atoms with E-state index in [0.717, 1.165) is 95.7 Å². The quantitative estimate of drug-likeness (QED) is 0.149. The molecule has 15 aromatic rings. The molecule has 0 aliphatic heterocycles. The van der Waals surface area contributed by atoms with Gasteiger partial charge < -0.3 is 9.13 Å². The van der Waals surface area contributed by atoms with Crippen molar-refractivity contribution in [3.63, 3.8) is 0 Å². The highest BCUT2D eigenvalue weighted by Crippen LogP contribution is 2.48. The molecule has 6 nitrogen and oxygen atoms in total. The molecule has 0 spiro atoms. The summed E-state index contributed by atoms with van der Waals surface area (Å²) in [6.45, 7) is 0. The Morgan fingerprint density at radius 3 is 1.31 bits per heavy atom. The van der Waals surface area contributed by atoms with Crippen LogP contribution in [-0.2, 0) is 6.42 Å². The summed E-state index contributed by atoms with van der Waals surface area (Å²) in [5.74, 6) is 1.43. The zero-order chi connectivity index (χ0) is 51.3. The Hall–Kier alpha value is -10.3. The lowest BCUT2D eigenvalue weighted by atomic mass is 9.81. The average Bonchev–Trinajstić information content (AvgIpc) is 4.12. The molecule has 0 bridgehead atoms. The molecule has 0 saturated heterocycles. The second-order valence-corrected chi connectivity index (χ2v) is 20.4. The summed E-state index contributed by atoms with van der Waals surface area (Å²) in [5, 5.41) is 11.7. The van der Waals surface area contributed by atoms with Crippen LogP contribution in [0.1, 0.15) is 17.5 Å². The van der Waals surface area contributed by atoms with Gasteiger partial charge in [0, 0.05) is 68.8 Å². The van der Waals surface area contributed by atoms with Crippen LogP contribution in [0.3, 0.4) is 0 Å². The summed E-state index contributed by atoms with van der Waals surface area (Å²) >= 11 is 0. The predicted octanol–water partition coefficient (Wildman–Crippen LogP) is 18.2. The molecule has 0 fully saturated rings. The lowest BCUT2D eigenvalue weighted by Gasteiger charge is -2.24. The van der Waals surface area contributed by atoms with Crippen molar-refractivity contribution >= 4 is 82.0 Å². The van der Waals surface area contributed by atoms with Crippen molar-refractivity contribution in [2.24, 2.45) is 0 Å². The molecule has 78 heavy (non-hydrogen) atoms. The third kappa shape index (κ3) is 6.76. The first-order valence-electron chi connectivity index (χ1n) is 26.7. The van der Waals surface area contributed by atoms with E-state index in [-0.39, 0.29) is 0 Å². The number of benzene rings is 11. The smallest absolute Gasteiger partial charge is 0.160 e. The highest BCUT2D eigenvalue weighted by Gasteiger charge is 2.25. The maximum atomic E-state index is 4.96. The summed E-state index contributed by atoms with van der Waals surface area (Å²) in [6, 6.07) is 79.6. The molecule has 364 valence electrons. The first-order valence-corrected chi connectivity index (χ1v) is 26.7. The monoisotopic (exact) mass is 994 g/mol. The molecule has 1 aliphatic rings. The van der Waals surface area contributed by atoms with Crippen LogP contribution < -0.4 is 0 Å². The number of allylic oxidation sites excluding steroid dienone is 1. The second-order valence-electron chi connectivity index (χ2n) is 20.4. The Morgan fingerprint density at radius 1 is 0.295 bits per heavy atom. The minimum atomic E-state index is 0.693. The highest BCUT2D eigenvalue weighted by molar-refractivity contribution is 6.22. The van der Waals surface area contributed by atoms with Crippen LogP contribution >= 0.6 is 0 Å². The largest absolute Gasteiger partial charge is 0.309 e. The summed E-state index contributed by atoms with van der Waals surface area (Å²) < 4.78 is 4.79. The topological polar surface area (TPSA) is 61.4 Å². The number of nitrogens with zero attached hydrogens (tertiary/aromatic N) is 6. The van der Waals surface area contributed by atoms with Crippen molar-refractivity contribution in [2.75, 3.05) is 0 Å². The molecular weight excluding hydrogens is 949 g/mol. The fraction of sp³-hybridized carbons (Fsp3) is 0.0278. The Bertz CT molecular complexity index is 4850. The van der Waals surface area contributed by atoms with Gasteiger partial charge in [0.15, 0.2) is 11.6 Å². The van der Waals surface area contributed by atoms with Crippen LogP contribution in [0.5, 0.6) is 0 Å². The summed E-state index contributed by atoms with van der Waals surface area (Å²) in [4.78, 5) is 19.8. The van der Waals surface area contributed by atoms with Crippen molar-refractivity contribution < 1.29 is 0 Å². The molecule has 4 aromatic heterocycles. The van der Waals surface area contributed by atoms with Crippen LogP contribution in [0, 0.1) is 0 Å². The first kappa shape index (κ1) is 44.0. The zero-order valence-electron chi connectivity index (χ0n) is 42.3. The maximum absolute atomic E-state index is 4.96. The van der Waals surface area contributed by atoms with E-state index in [0.29, 0.717) is 5.82 Å². The molecule has 0 saturated carbocycles. The van der Waals surface area contributed by atoms with E-state index in [1.54, 1.807) is 0 Å². The fourth-order valence-corrected chi connectivity index (χ4v) is 12.9. The van der Waals surface area contributed by atoms with Crippen molar-refractivity contribution in [2.45, 2.75) is 12.8 Å². The number of rotatable bonds is 7. The average molecular weight is 995 g/mol. The van der Waals surface area contributed by atoms with E-state index >= 15 is 0 Å². The van der Waals surface area contributed by atoms with E-state index in [4.69, 9.17) is 19.9 Å². The van der Waals surface area contributed by atoms with E-state index < -0.39 is 0 Å². The van der Waals surface area contributed by atoms with E-state index in [1.165, 1.54) is 65.9 Å². The molecule has 1 aliphatic carbocycles. The van der Waals surface area contributed by atoms with Gasteiger partial charge in [0.2, 0.25) is 0 Å². The summed E-state index contributed by atoms with van der Waals surface area (Å²) in [6.07, 6.45) is 13.9. The standard InChI is InChI=1S/C72H46N6/c1-3-24-57-55(22-1)67(45-30-34-49(35-31-45)77-63-26-9-5-18-51(63)52-19-6-10-27-64(52)77)59-36-32-46(43-61(59)69(57)71-73-38-14-39-74-71)47-33-37-60-62(44-47)70(72-75-40-15-41-76-72)58-25-4-2-23-56(58)68(60)48-16-13-17-50(42-48)78-65-28-11-7-20-53(65)54-21-8-12-29-66(54)78/h1-3,5-24,26-44H,4,25H2. The van der Waals surface area contributed by atoms with E-state index in [9.17, 15) is 0 Å². The van der Waals surface area contributed by atoms with Gasteiger partial charge in [-0.3, -0.25) is 0 Å². The highest BCUT2D eigenvalue weighted by atomic mass is 15.0. The molecule has 0 N–H and O–H groups in total. The normalized spacial score (nSPS) is 12.5. The van der Waals surface area contributed by atoms with Crippen molar-refractivity contribution in [3.05, 3.63) is 260 Å². The maximum Gasteiger partial charge on any atom is 0.160 e. The first-order chi connectivity index (χ1) is 38.7. The Labute approximate surface area is 449 Å². The van der Waals surface area contributed by atoms with Crippen molar-refractivity contribution in [1.82, 2.24) is 29.1 Å². The predicted molar refractivity (Wildman–Crippen MR) is 323 cm³/mol. The van der Waals surface area contributed by atoms with E-state index in [1.807, 2.05) is 36.9 Å². The molecule has 0 atom stereocenters. The van der Waals surface area contributed by atoms with Gasteiger partial charge in [-0.2, -0.15) is 0 Å². The molecule has 6 heteroatoms. The minimum Gasteiger partial charge on any atom is -0.309 e. The van der Waals surface area contributed by atoms with Gasteiger partial charge in [0.25, 0.3) is 0 Å². The molecule has 0 amide bonds. The van der Waals surface area contributed by atoms with Gasteiger partial charge >= 0.3 is 0 Å². The SMILES string of the molecule is C1=Cc2c(c(-c3ncccn3)c3cc(-c4ccc5c(-c6ccc(-n7c8ccccc8c8ccccc87)cc6)c6ccccc6c(-c6ncccn6)c5c4)ccc3c2-c2cccc(-n3c4ccccc4c4ccccc43)c2)CC1. The van der Waals surface area contributed by atoms with Crippen LogP contribution in [-0.4, -0.2) is 29.1 Å². The van der Waals surface area contributed by atoms with Gasteiger partial charge in [-0.1, -0.05) is 158 Å². The van der Waals surface area contributed by atoms with Gasteiger partial charge in [-0.25, -0.2) is 19.9 Å². The molecule has 4 heterocycles. The van der Waals surface area contributed by atoms with Crippen LogP contribution in [0.4, 0.5) is 0 Å². The van der Waals surface area contributed by atoms with Crippen LogP contribution in [0.25, 0.3) is 150 Å². The molecule has 0 unspecified atom stereocenters. The van der Waals surface area contributed by atoms with Gasteiger partial charge in [-0.15, -0.1) is 0 Å². The molecular formula is C72H46N6. The lowest BCUT2D eigenvalue weighted by Crippen LogP contribution is -2.04. The molecule has 0 radical (unpaired) electrons. The number of aromatic nitrogens is 6. The second kappa shape index (κ2) is 17.7. The van der Waals surface area contributed by atoms with Crippen molar-refractivity contribution in [3.8, 4) is 67.5 Å². The lowest BCUT2D eigenvalue weighted by molar-refractivity contribution is 0.985. The number of fused-ring (bicyclic) bond motifs is 10. The Kier molecular flexibility index (Phi) is 9.97. The Morgan fingerprint density at radius 2 is 0.744 bits per heavy atom. The number of hydrogen-bond acceptors (Lipinski definition) is 4. The zero-order valence-corrected chi connectivity index (χ0v) is 42.3. The summed E-state index contributed by atoms with van der Waals surface area (Å²) in [7, 11) is 0. The van der Waals surface area contributed by atoms with E-state index in [2.05, 4.69) is 228 Å². The third-order valence-corrected chi connectivity index (χ3v) is 16.2. The fourth-order valence-electron chi connectivity index (χ4n) is 12.9.